The first-order chi connectivity index (χ1) is 7.20. The molecule has 1 aromatic rings. The zero-order valence-corrected chi connectivity index (χ0v) is 8.77. The molecule has 0 radical (unpaired) electrons. The molecular weight excluding hydrogens is 194 g/mol. The zero-order chi connectivity index (χ0) is 11.3. The van der Waals surface area contributed by atoms with E-state index in [0.29, 0.717) is 30.4 Å². The van der Waals surface area contributed by atoms with E-state index in [0.717, 1.165) is 0 Å². The Bertz CT molecular complexity index is 373. The van der Waals surface area contributed by atoms with Gasteiger partial charge in [-0.3, -0.25) is 0 Å². The van der Waals surface area contributed by atoms with Crippen molar-refractivity contribution in [1.82, 2.24) is 9.97 Å². The van der Waals surface area contributed by atoms with Gasteiger partial charge in [0, 0.05) is 13.6 Å². The van der Waals surface area contributed by atoms with Gasteiger partial charge < -0.3 is 15.4 Å². The molecule has 1 heterocycles. The lowest BCUT2D eigenvalue weighted by atomic mass is 10.4. The Morgan fingerprint density at radius 1 is 1.60 bits per heavy atom. The summed E-state index contributed by atoms with van der Waals surface area (Å²) in [5, 5.41) is 8.47. The van der Waals surface area contributed by atoms with Crippen LogP contribution in [0.15, 0.2) is 6.33 Å². The van der Waals surface area contributed by atoms with E-state index in [1.807, 2.05) is 7.05 Å². The maximum absolute atomic E-state index is 8.47. The molecule has 0 amide bonds. The summed E-state index contributed by atoms with van der Waals surface area (Å²) in [6, 6.07) is 2.06. The van der Waals surface area contributed by atoms with Crippen molar-refractivity contribution < 1.29 is 4.74 Å². The smallest absolute Gasteiger partial charge is 0.242 e. The number of ether oxygens (including phenoxy) is 1. The third-order valence-electron chi connectivity index (χ3n) is 1.94. The van der Waals surface area contributed by atoms with Crippen molar-refractivity contribution in [2.75, 3.05) is 31.3 Å². The summed E-state index contributed by atoms with van der Waals surface area (Å²) in [5.74, 6) is 0.931. The van der Waals surface area contributed by atoms with Gasteiger partial charge in [0.05, 0.1) is 19.6 Å². The van der Waals surface area contributed by atoms with Gasteiger partial charge in [-0.05, 0) is 0 Å². The zero-order valence-electron chi connectivity index (χ0n) is 8.77. The molecule has 0 aromatic carbocycles. The Kier molecular flexibility index (Phi) is 3.68. The molecule has 1 aromatic heterocycles. The number of nitrogens with two attached hydrogens (primary N) is 1. The predicted octanol–water partition coefficient (Wildman–Crippen LogP) is 0.417. The molecule has 6 nitrogen and oxygen atoms in total. The summed E-state index contributed by atoms with van der Waals surface area (Å²) in [5.41, 5.74) is 6.18. The van der Waals surface area contributed by atoms with E-state index < -0.39 is 0 Å². The van der Waals surface area contributed by atoms with Crippen LogP contribution in [0.25, 0.3) is 0 Å². The van der Waals surface area contributed by atoms with Crippen molar-refractivity contribution in [3.63, 3.8) is 0 Å². The van der Waals surface area contributed by atoms with Gasteiger partial charge in [-0.25, -0.2) is 4.98 Å². The summed E-state index contributed by atoms with van der Waals surface area (Å²) in [7, 11) is 3.31. The van der Waals surface area contributed by atoms with Crippen LogP contribution in [0.1, 0.15) is 6.42 Å². The highest BCUT2D eigenvalue weighted by atomic mass is 16.5. The normalized spacial score (nSPS) is 9.40. The quantitative estimate of drug-likeness (QED) is 0.769. The number of nitrogen functional groups attached to an aromatic ring is 1. The first-order valence-electron chi connectivity index (χ1n) is 4.43. The van der Waals surface area contributed by atoms with Crippen molar-refractivity contribution in [3.05, 3.63) is 6.33 Å². The second-order valence-electron chi connectivity index (χ2n) is 2.95. The van der Waals surface area contributed by atoms with Crippen LogP contribution in [0.5, 0.6) is 5.88 Å². The van der Waals surface area contributed by atoms with Crippen LogP contribution in [0.3, 0.4) is 0 Å². The van der Waals surface area contributed by atoms with Crippen LogP contribution in [-0.2, 0) is 0 Å². The molecule has 1 rings (SSSR count). The molecule has 0 fully saturated rings. The van der Waals surface area contributed by atoms with Gasteiger partial charge in [0.1, 0.15) is 12.0 Å². The Hall–Kier alpha value is -2.03. The third-order valence-corrected chi connectivity index (χ3v) is 1.94. The molecule has 0 spiro atoms. The number of anilines is 2. The number of aromatic nitrogens is 2. The molecule has 0 unspecified atom stereocenters. The van der Waals surface area contributed by atoms with E-state index in [4.69, 9.17) is 15.7 Å². The van der Waals surface area contributed by atoms with Gasteiger partial charge in [0.2, 0.25) is 5.88 Å². The summed E-state index contributed by atoms with van der Waals surface area (Å²) >= 11 is 0. The Balaban J connectivity index is 2.89. The number of hydrogen-bond donors (Lipinski definition) is 1. The molecule has 15 heavy (non-hydrogen) atoms. The van der Waals surface area contributed by atoms with Gasteiger partial charge in [0.25, 0.3) is 0 Å². The van der Waals surface area contributed by atoms with E-state index in [9.17, 15) is 0 Å². The van der Waals surface area contributed by atoms with Crippen LogP contribution < -0.4 is 15.4 Å². The van der Waals surface area contributed by atoms with Gasteiger partial charge in [-0.1, -0.05) is 0 Å². The monoisotopic (exact) mass is 207 g/mol. The van der Waals surface area contributed by atoms with Gasteiger partial charge in [-0.2, -0.15) is 10.2 Å². The van der Waals surface area contributed by atoms with E-state index in [1.165, 1.54) is 13.4 Å². The van der Waals surface area contributed by atoms with E-state index in [2.05, 4.69) is 16.0 Å². The number of methoxy groups -OCH3 is 1. The summed E-state index contributed by atoms with van der Waals surface area (Å²) in [4.78, 5) is 9.70. The lowest BCUT2D eigenvalue weighted by molar-refractivity contribution is 0.399. The minimum atomic E-state index is 0.351. The fourth-order valence-electron chi connectivity index (χ4n) is 1.16. The van der Waals surface area contributed by atoms with Crippen LogP contribution in [-0.4, -0.2) is 30.7 Å². The fraction of sp³-hybridized carbons (Fsp3) is 0.444. The fourth-order valence-corrected chi connectivity index (χ4v) is 1.16. The Morgan fingerprint density at radius 3 is 2.93 bits per heavy atom. The minimum absolute atomic E-state index is 0.351. The SMILES string of the molecule is COc1ncnc(N(C)CCC#N)c1N. The highest BCUT2D eigenvalue weighted by Crippen LogP contribution is 2.26. The van der Waals surface area contributed by atoms with Crippen LogP contribution in [0, 0.1) is 11.3 Å². The van der Waals surface area contributed by atoms with Crippen molar-refractivity contribution >= 4 is 11.5 Å². The lowest BCUT2D eigenvalue weighted by Gasteiger charge is -2.18. The summed E-state index contributed by atoms with van der Waals surface area (Å²) in [6.07, 6.45) is 1.80. The molecule has 0 atom stereocenters. The second-order valence-corrected chi connectivity index (χ2v) is 2.95. The molecule has 80 valence electrons. The predicted molar refractivity (Wildman–Crippen MR) is 56.5 cm³/mol. The standard InChI is InChI=1S/C9H13N5O/c1-14(5-3-4-10)8-7(11)9(15-2)13-6-12-8/h6H,3,5,11H2,1-2H3. The van der Waals surface area contributed by atoms with Crippen molar-refractivity contribution in [2.24, 2.45) is 0 Å². The van der Waals surface area contributed by atoms with Crippen LogP contribution in [0.4, 0.5) is 11.5 Å². The highest BCUT2D eigenvalue weighted by Gasteiger charge is 2.11. The molecule has 2 N–H and O–H groups in total. The molecule has 0 saturated heterocycles. The average Bonchev–Trinajstić information content (AvgIpc) is 2.26. The van der Waals surface area contributed by atoms with E-state index in [1.54, 1.807) is 4.90 Å². The topological polar surface area (TPSA) is 88.1 Å². The Morgan fingerprint density at radius 2 is 2.33 bits per heavy atom. The minimum Gasteiger partial charge on any atom is -0.479 e. The van der Waals surface area contributed by atoms with E-state index >= 15 is 0 Å². The van der Waals surface area contributed by atoms with Crippen molar-refractivity contribution in [2.45, 2.75) is 6.42 Å². The van der Waals surface area contributed by atoms with E-state index in [-0.39, 0.29) is 0 Å². The molecule has 6 heteroatoms. The highest BCUT2D eigenvalue weighted by molar-refractivity contribution is 5.67. The van der Waals surface area contributed by atoms with Crippen LogP contribution in [0.2, 0.25) is 0 Å². The Labute approximate surface area is 88.3 Å². The third kappa shape index (κ3) is 2.47. The molecule has 0 aliphatic heterocycles. The maximum atomic E-state index is 8.47. The molecule has 0 saturated carbocycles. The van der Waals surface area contributed by atoms with Gasteiger partial charge >= 0.3 is 0 Å². The molecular formula is C9H13N5O. The summed E-state index contributed by atoms with van der Waals surface area (Å²) in [6.45, 7) is 0.570. The first-order valence-corrected chi connectivity index (χ1v) is 4.43. The summed E-state index contributed by atoms with van der Waals surface area (Å²) < 4.78 is 4.97. The number of hydrogen-bond acceptors (Lipinski definition) is 6. The van der Waals surface area contributed by atoms with Crippen LogP contribution >= 0.6 is 0 Å². The average molecular weight is 207 g/mol. The van der Waals surface area contributed by atoms with Crippen molar-refractivity contribution in [1.29, 1.82) is 5.26 Å². The molecule has 0 bridgehead atoms. The number of nitriles is 1. The maximum Gasteiger partial charge on any atom is 0.242 e. The van der Waals surface area contributed by atoms with Gasteiger partial charge in [-0.15, -0.1) is 0 Å². The number of nitrogens with zero attached hydrogens (tertiary/aromatic N) is 4. The van der Waals surface area contributed by atoms with Gasteiger partial charge in [0.15, 0.2) is 5.82 Å². The number of rotatable bonds is 4. The second kappa shape index (κ2) is 5.00. The largest absolute Gasteiger partial charge is 0.479 e. The van der Waals surface area contributed by atoms with Crippen molar-refractivity contribution in [3.8, 4) is 11.9 Å². The lowest BCUT2D eigenvalue weighted by Crippen LogP contribution is -2.21. The first kappa shape index (κ1) is 11.0. The molecule has 0 aliphatic carbocycles. The molecule has 0 aliphatic rings.